The number of carboxylic acids is 2. The summed E-state index contributed by atoms with van der Waals surface area (Å²) in [7, 11) is 0. The summed E-state index contributed by atoms with van der Waals surface area (Å²) in [6, 6.07) is 12.1. The molecular weight excluding hydrogens is 628 g/mol. The van der Waals surface area contributed by atoms with Crippen LogP contribution in [0.2, 0.25) is 0 Å². The fraction of sp³-hybridized carbons (Fsp3) is 0.400. The van der Waals surface area contributed by atoms with Crippen molar-refractivity contribution >= 4 is 40.4 Å². The van der Waals surface area contributed by atoms with Crippen LogP contribution in [0.3, 0.4) is 0 Å². The molecule has 48 heavy (non-hydrogen) atoms. The molecule has 2 unspecified atom stereocenters. The lowest BCUT2D eigenvalue weighted by Crippen LogP contribution is -2.55. The molecule has 1 saturated carbocycles. The average Bonchev–Trinajstić information content (AvgIpc) is 3.02. The predicted molar refractivity (Wildman–Crippen MR) is 171 cm³/mol. The molecule has 0 aliphatic heterocycles. The van der Waals surface area contributed by atoms with Gasteiger partial charge < -0.3 is 31.3 Å². The standard InChI is InChI=1S/C35H39F2N3O8/c1-18(2)31(33(44)38-27-14-23(34(45)46)13-24(15-27)35(47)48)40-30(42)17-29(41)28(11-19-9-25(36)16-26(37)10-19)39-32(43)22-8-7-20-5-3-4-6-21(20)12-22/h3-10,12,16,18,23-24,27-29,31,41H,11,13-15,17H2,1-2H3,(H,38,44)(H,39,43)(H,40,42)(H,45,46)(H,47,48)/t23?,24?,27?,28-,29-,31-/m0/s1. The van der Waals surface area contributed by atoms with Crippen molar-refractivity contribution in [1.82, 2.24) is 16.0 Å². The molecule has 0 aromatic heterocycles. The fourth-order valence-corrected chi connectivity index (χ4v) is 6.08. The summed E-state index contributed by atoms with van der Waals surface area (Å²) in [4.78, 5) is 62.9. The maximum atomic E-state index is 14.0. The highest BCUT2D eigenvalue weighted by Crippen LogP contribution is 2.30. The SMILES string of the molecule is CC(C)[C@H](NC(=O)C[C@H](O)[C@H](Cc1cc(F)cc(F)c1)NC(=O)c1ccc2ccccc2c1)C(=O)NC1CC(C(=O)O)CC(C(=O)O)C1. The first-order valence-corrected chi connectivity index (χ1v) is 15.7. The van der Waals surface area contributed by atoms with Crippen LogP contribution in [-0.4, -0.2) is 69.2 Å². The van der Waals surface area contributed by atoms with E-state index in [0.717, 1.165) is 22.9 Å². The summed E-state index contributed by atoms with van der Waals surface area (Å²) in [6.07, 6.45) is -2.37. The highest BCUT2D eigenvalue weighted by atomic mass is 19.1. The first-order chi connectivity index (χ1) is 22.7. The number of aliphatic hydroxyl groups excluding tert-OH is 1. The van der Waals surface area contributed by atoms with Gasteiger partial charge in [0.25, 0.3) is 5.91 Å². The van der Waals surface area contributed by atoms with Crippen LogP contribution in [0.15, 0.2) is 60.7 Å². The smallest absolute Gasteiger partial charge is 0.306 e. The van der Waals surface area contributed by atoms with E-state index in [1.54, 1.807) is 32.0 Å². The van der Waals surface area contributed by atoms with E-state index in [4.69, 9.17) is 0 Å². The Morgan fingerprint density at radius 1 is 0.812 bits per heavy atom. The Kier molecular flexibility index (Phi) is 11.8. The fourth-order valence-electron chi connectivity index (χ4n) is 6.08. The van der Waals surface area contributed by atoms with Gasteiger partial charge in [0, 0.05) is 17.7 Å². The number of amides is 3. The number of carbonyl (C=O) groups excluding carboxylic acids is 3. The Balaban J connectivity index is 1.47. The minimum absolute atomic E-state index is 0.0294. The van der Waals surface area contributed by atoms with Crippen LogP contribution in [0.5, 0.6) is 0 Å². The molecule has 0 saturated heterocycles. The third kappa shape index (κ3) is 9.57. The summed E-state index contributed by atoms with van der Waals surface area (Å²) in [5.41, 5.74) is 0.386. The molecule has 5 atom stereocenters. The third-order valence-corrected chi connectivity index (χ3v) is 8.58. The van der Waals surface area contributed by atoms with Crippen LogP contribution >= 0.6 is 0 Å². The monoisotopic (exact) mass is 667 g/mol. The number of aliphatic hydroxyl groups is 1. The first-order valence-electron chi connectivity index (χ1n) is 15.7. The molecule has 0 bridgehead atoms. The Labute approximate surface area is 275 Å². The van der Waals surface area contributed by atoms with Gasteiger partial charge in [0.1, 0.15) is 17.7 Å². The minimum Gasteiger partial charge on any atom is -0.481 e. The Morgan fingerprint density at radius 2 is 1.42 bits per heavy atom. The lowest BCUT2D eigenvalue weighted by Gasteiger charge is -2.33. The summed E-state index contributed by atoms with van der Waals surface area (Å²) in [6.45, 7) is 3.32. The van der Waals surface area contributed by atoms with Crippen LogP contribution < -0.4 is 16.0 Å². The molecule has 1 aliphatic carbocycles. The second-order valence-electron chi connectivity index (χ2n) is 12.7. The molecule has 6 N–H and O–H groups in total. The summed E-state index contributed by atoms with van der Waals surface area (Å²) >= 11 is 0. The van der Waals surface area contributed by atoms with Crippen LogP contribution in [0.1, 0.15) is 55.5 Å². The zero-order valence-electron chi connectivity index (χ0n) is 26.5. The van der Waals surface area contributed by atoms with Crippen molar-refractivity contribution in [3.8, 4) is 0 Å². The number of hydrogen-bond acceptors (Lipinski definition) is 6. The lowest BCUT2D eigenvalue weighted by molar-refractivity contribution is -0.149. The van der Waals surface area contributed by atoms with Crippen molar-refractivity contribution in [2.75, 3.05) is 0 Å². The van der Waals surface area contributed by atoms with Crippen molar-refractivity contribution in [2.24, 2.45) is 17.8 Å². The second kappa shape index (κ2) is 15.8. The molecule has 4 rings (SSSR count). The topological polar surface area (TPSA) is 182 Å². The van der Waals surface area contributed by atoms with Crippen LogP contribution in [0, 0.1) is 29.4 Å². The molecule has 0 radical (unpaired) electrons. The van der Waals surface area contributed by atoms with Crippen molar-refractivity contribution in [1.29, 1.82) is 0 Å². The van der Waals surface area contributed by atoms with Gasteiger partial charge in [0.15, 0.2) is 0 Å². The average molecular weight is 668 g/mol. The lowest BCUT2D eigenvalue weighted by atomic mass is 9.78. The van der Waals surface area contributed by atoms with Gasteiger partial charge >= 0.3 is 11.9 Å². The zero-order chi connectivity index (χ0) is 35.1. The highest BCUT2D eigenvalue weighted by molar-refractivity contribution is 5.98. The van der Waals surface area contributed by atoms with Crippen LogP contribution in [0.25, 0.3) is 10.8 Å². The number of aliphatic carboxylic acids is 2. The van der Waals surface area contributed by atoms with E-state index >= 15 is 0 Å². The van der Waals surface area contributed by atoms with Crippen LogP contribution in [0.4, 0.5) is 8.78 Å². The van der Waals surface area contributed by atoms with Crippen molar-refractivity contribution in [3.05, 3.63) is 83.4 Å². The highest BCUT2D eigenvalue weighted by Gasteiger charge is 2.38. The number of rotatable bonds is 13. The van der Waals surface area contributed by atoms with Crippen LogP contribution in [-0.2, 0) is 25.6 Å². The Hall–Kier alpha value is -4.91. The van der Waals surface area contributed by atoms with E-state index in [1.807, 2.05) is 24.3 Å². The van der Waals surface area contributed by atoms with Gasteiger partial charge in [-0.1, -0.05) is 44.2 Å². The molecule has 11 nitrogen and oxygen atoms in total. The number of carboxylic acid groups (broad SMARTS) is 2. The molecule has 256 valence electrons. The van der Waals surface area contributed by atoms with E-state index in [9.17, 15) is 48.1 Å². The van der Waals surface area contributed by atoms with Gasteiger partial charge in [0.2, 0.25) is 11.8 Å². The molecule has 3 amide bonds. The minimum atomic E-state index is -1.55. The number of halogens is 2. The molecule has 3 aromatic rings. The van der Waals surface area contributed by atoms with Crippen molar-refractivity contribution in [2.45, 2.75) is 70.2 Å². The van der Waals surface area contributed by atoms with E-state index in [-0.39, 0.29) is 36.8 Å². The van der Waals surface area contributed by atoms with E-state index in [1.165, 1.54) is 0 Å². The zero-order valence-corrected chi connectivity index (χ0v) is 26.5. The maximum Gasteiger partial charge on any atom is 0.306 e. The van der Waals surface area contributed by atoms with Crippen molar-refractivity contribution < 1.29 is 48.1 Å². The van der Waals surface area contributed by atoms with Gasteiger partial charge in [-0.05, 0) is 72.2 Å². The van der Waals surface area contributed by atoms with Gasteiger partial charge in [-0.15, -0.1) is 0 Å². The summed E-state index contributed by atoms with van der Waals surface area (Å²) < 4.78 is 28.0. The largest absolute Gasteiger partial charge is 0.481 e. The van der Waals surface area contributed by atoms with Gasteiger partial charge in [-0.2, -0.15) is 0 Å². The Bertz CT molecular complexity index is 1640. The quantitative estimate of drug-likeness (QED) is 0.160. The molecule has 13 heteroatoms. The predicted octanol–water partition coefficient (Wildman–Crippen LogP) is 3.42. The molecule has 3 aromatic carbocycles. The molecule has 1 aliphatic rings. The summed E-state index contributed by atoms with van der Waals surface area (Å²) in [5, 5.41) is 39.7. The van der Waals surface area contributed by atoms with E-state index in [2.05, 4.69) is 16.0 Å². The van der Waals surface area contributed by atoms with Gasteiger partial charge in [-0.3, -0.25) is 24.0 Å². The molecule has 0 spiro atoms. The van der Waals surface area contributed by atoms with Gasteiger partial charge in [0.05, 0.1) is 30.4 Å². The summed E-state index contributed by atoms with van der Waals surface area (Å²) in [5.74, 6) is -8.41. The van der Waals surface area contributed by atoms with E-state index in [0.29, 0.717) is 6.07 Å². The number of carbonyl (C=O) groups is 5. The van der Waals surface area contributed by atoms with Gasteiger partial charge in [-0.25, -0.2) is 8.78 Å². The maximum absolute atomic E-state index is 14.0. The molecule has 0 heterocycles. The number of fused-ring (bicyclic) bond motifs is 1. The molecular formula is C35H39F2N3O8. The number of nitrogens with one attached hydrogen (secondary N) is 3. The third-order valence-electron chi connectivity index (χ3n) is 8.58. The number of benzene rings is 3. The second-order valence-corrected chi connectivity index (χ2v) is 12.7. The number of hydrogen-bond donors (Lipinski definition) is 6. The first kappa shape index (κ1) is 35.9. The van der Waals surface area contributed by atoms with Crippen molar-refractivity contribution in [3.63, 3.8) is 0 Å². The van der Waals surface area contributed by atoms with E-state index < -0.39 is 89.7 Å². The normalized spacial score (nSPS) is 19.6. The Morgan fingerprint density at radius 3 is 2.00 bits per heavy atom. The molecule has 1 fully saturated rings.